The molecular formula is C27H29N3O2. The molecule has 164 valence electrons. The summed E-state index contributed by atoms with van der Waals surface area (Å²) in [6.45, 7) is 2.77. The number of amides is 2. The van der Waals surface area contributed by atoms with Gasteiger partial charge in [-0.2, -0.15) is 0 Å². The molecule has 3 aromatic rings. The number of hydrogen-bond donors (Lipinski definition) is 3. The number of rotatable bonds is 8. The lowest BCUT2D eigenvalue weighted by atomic mass is 9.64. The molecule has 5 nitrogen and oxygen atoms in total. The molecule has 2 amide bonds. The molecule has 3 aromatic carbocycles. The van der Waals surface area contributed by atoms with Gasteiger partial charge in [0.05, 0.1) is 6.54 Å². The maximum atomic E-state index is 12.6. The van der Waals surface area contributed by atoms with Gasteiger partial charge in [0, 0.05) is 28.9 Å². The fraction of sp³-hybridized carbons (Fsp3) is 0.259. The molecule has 1 aliphatic carbocycles. The van der Waals surface area contributed by atoms with Gasteiger partial charge in [-0.15, -0.1) is 0 Å². The molecule has 0 aliphatic heterocycles. The van der Waals surface area contributed by atoms with Crippen LogP contribution < -0.4 is 16.0 Å². The highest BCUT2D eigenvalue weighted by atomic mass is 16.2. The average Bonchev–Trinajstić information content (AvgIpc) is 2.80. The molecule has 0 unspecified atom stereocenters. The summed E-state index contributed by atoms with van der Waals surface area (Å²) in [4.78, 5) is 25.0. The van der Waals surface area contributed by atoms with Crippen molar-refractivity contribution in [2.75, 3.05) is 23.7 Å². The molecule has 0 saturated heterocycles. The van der Waals surface area contributed by atoms with Gasteiger partial charge in [0.25, 0.3) is 5.91 Å². The maximum Gasteiger partial charge on any atom is 0.255 e. The van der Waals surface area contributed by atoms with E-state index in [2.05, 4.69) is 40.2 Å². The highest BCUT2D eigenvalue weighted by Crippen LogP contribution is 2.43. The first-order valence-electron chi connectivity index (χ1n) is 11.1. The van der Waals surface area contributed by atoms with Gasteiger partial charge < -0.3 is 16.0 Å². The Bertz CT molecular complexity index is 1080. The van der Waals surface area contributed by atoms with Crippen molar-refractivity contribution in [3.05, 3.63) is 95.6 Å². The lowest BCUT2D eigenvalue weighted by Gasteiger charge is -2.42. The van der Waals surface area contributed by atoms with Gasteiger partial charge in [0.15, 0.2) is 0 Å². The van der Waals surface area contributed by atoms with Crippen LogP contribution in [0.3, 0.4) is 0 Å². The molecule has 32 heavy (non-hydrogen) atoms. The molecule has 5 heteroatoms. The summed E-state index contributed by atoms with van der Waals surface area (Å²) >= 11 is 0. The molecule has 0 bridgehead atoms. The van der Waals surface area contributed by atoms with Crippen LogP contribution in [0.4, 0.5) is 11.4 Å². The Kier molecular flexibility index (Phi) is 6.55. The summed E-state index contributed by atoms with van der Waals surface area (Å²) in [5, 5.41) is 9.28. The van der Waals surface area contributed by atoms with Crippen molar-refractivity contribution in [1.29, 1.82) is 0 Å². The second-order valence-corrected chi connectivity index (χ2v) is 8.43. The van der Waals surface area contributed by atoms with E-state index in [1.54, 1.807) is 12.1 Å². The van der Waals surface area contributed by atoms with Gasteiger partial charge in [-0.1, -0.05) is 61.0 Å². The fourth-order valence-corrected chi connectivity index (χ4v) is 4.22. The zero-order chi connectivity index (χ0) is 22.4. The van der Waals surface area contributed by atoms with Crippen LogP contribution >= 0.6 is 0 Å². The SMILES string of the molecule is Cc1c(NCC(=O)NCC2(c3ccccc3)CCC2)cccc1NC(=O)c1ccccc1. The van der Waals surface area contributed by atoms with Crippen molar-refractivity contribution in [2.24, 2.45) is 0 Å². The number of anilines is 2. The molecule has 4 rings (SSSR count). The van der Waals surface area contributed by atoms with Crippen molar-refractivity contribution in [2.45, 2.75) is 31.6 Å². The maximum absolute atomic E-state index is 12.6. The monoisotopic (exact) mass is 427 g/mol. The van der Waals surface area contributed by atoms with Crippen molar-refractivity contribution < 1.29 is 9.59 Å². The van der Waals surface area contributed by atoms with Crippen LogP contribution in [-0.4, -0.2) is 24.9 Å². The highest BCUT2D eigenvalue weighted by Gasteiger charge is 2.38. The Morgan fingerprint density at radius 2 is 1.50 bits per heavy atom. The van der Waals surface area contributed by atoms with E-state index >= 15 is 0 Å². The topological polar surface area (TPSA) is 70.2 Å². The summed E-state index contributed by atoms with van der Waals surface area (Å²) in [5.41, 5.74) is 4.41. The zero-order valence-electron chi connectivity index (χ0n) is 18.4. The summed E-state index contributed by atoms with van der Waals surface area (Å²) in [7, 11) is 0. The second-order valence-electron chi connectivity index (χ2n) is 8.43. The third-order valence-corrected chi connectivity index (χ3v) is 6.38. The van der Waals surface area contributed by atoms with Crippen LogP contribution in [0.2, 0.25) is 0 Å². The van der Waals surface area contributed by atoms with Gasteiger partial charge in [-0.05, 0) is 55.2 Å². The first-order valence-corrected chi connectivity index (χ1v) is 11.1. The van der Waals surface area contributed by atoms with E-state index in [1.165, 1.54) is 12.0 Å². The van der Waals surface area contributed by atoms with Crippen LogP contribution in [0, 0.1) is 6.92 Å². The van der Waals surface area contributed by atoms with E-state index in [0.717, 1.165) is 29.8 Å². The number of carbonyl (C=O) groups excluding carboxylic acids is 2. The largest absolute Gasteiger partial charge is 0.376 e. The van der Waals surface area contributed by atoms with E-state index < -0.39 is 0 Å². The number of hydrogen-bond acceptors (Lipinski definition) is 3. The van der Waals surface area contributed by atoms with Gasteiger partial charge in [-0.25, -0.2) is 0 Å². The Balaban J connectivity index is 1.33. The van der Waals surface area contributed by atoms with Crippen LogP contribution in [0.5, 0.6) is 0 Å². The third kappa shape index (κ3) is 4.83. The van der Waals surface area contributed by atoms with E-state index in [4.69, 9.17) is 0 Å². The van der Waals surface area contributed by atoms with Gasteiger partial charge in [-0.3, -0.25) is 9.59 Å². The van der Waals surface area contributed by atoms with Gasteiger partial charge in [0.2, 0.25) is 5.91 Å². The predicted octanol–water partition coefficient (Wildman–Crippen LogP) is 4.90. The third-order valence-electron chi connectivity index (χ3n) is 6.38. The second kappa shape index (κ2) is 9.69. The number of nitrogens with one attached hydrogen (secondary N) is 3. The van der Waals surface area contributed by atoms with Crippen LogP contribution in [-0.2, 0) is 10.2 Å². The van der Waals surface area contributed by atoms with Crippen molar-refractivity contribution >= 4 is 23.2 Å². The van der Waals surface area contributed by atoms with E-state index in [1.807, 2.05) is 49.4 Å². The lowest BCUT2D eigenvalue weighted by molar-refractivity contribution is -0.119. The molecular weight excluding hydrogens is 398 g/mol. The van der Waals surface area contributed by atoms with E-state index in [-0.39, 0.29) is 23.8 Å². The molecule has 1 saturated carbocycles. The molecule has 1 fully saturated rings. The summed E-state index contributed by atoms with van der Waals surface area (Å²) in [6.07, 6.45) is 3.41. The minimum absolute atomic E-state index is 0.0367. The molecule has 0 heterocycles. The van der Waals surface area contributed by atoms with Crippen molar-refractivity contribution in [3.63, 3.8) is 0 Å². The lowest BCUT2D eigenvalue weighted by Crippen LogP contribution is -2.46. The Morgan fingerprint density at radius 3 is 2.16 bits per heavy atom. The Morgan fingerprint density at radius 1 is 0.844 bits per heavy atom. The van der Waals surface area contributed by atoms with E-state index in [0.29, 0.717) is 12.1 Å². The van der Waals surface area contributed by atoms with Crippen molar-refractivity contribution in [3.8, 4) is 0 Å². The quantitative estimate of drug-likeness (QED) is 0.479. The van der Waals surface area contributed by atoms with Crippen LogP contribution in [0.25, 0.3) is 0 Å². The summed E-state index contributed by atoms with van der Waals surface area (Å²) in [6, 6.07) is 25.2. The van der Waals surface area contributed by atoms with E-state index in [9.17, 15) is 9.59 Å². The smallest absolute Gasteiger partial charge is 0.255 e. The zero-order valence-corrected chi connectivity index (χ0v) is 18.4. The fourth-order valence-electron chi connectivity index (χ4n) is 4.22. The van der Waals surface area contributed by atoms with Gasteiger partial charge >= 0.3 is 0 Å². The normalized spacial score (nSPS) is 14.2. The summed E-state index contributed by atoms with van der Waals surface area (Å²) < 4.78 is 0. The molecule has 3 N–H and O–H groups in total. The van der Waals surface area contributed by atoms with Gasteiger partial charge in [0.1, 0.15) is 0 Å². The first-order chi connectivity index (χ1) is 15.6. The minimum atomic E-state index is -0.157. The summed E-state index contributed by atoms with van der Waals surface area (Å²) in [5.74, 6) is -0.194. The minimum Gasteiger partial charge on any atom is -0.376 e. The number of carbonyl (C=O) groups is 2. The molecule has 0 spiro atoms. The molecule has 0 aromatic heterocycles. The standard InChI is InChI=1S/C27H29N3O2/c1-20-23(14-8-15-24(20)30-26(32)21-10-4-2-5-11-21)28-18-25(31)29-19-27(16-9-17-27)22-12-6-3-7-13-22/h2-8,10-15,28H,9,16-19H2,1H3,(H,29,31)(H,30,32). The Labute approximate surface area is 189 Å². The van der Waals surface area contributed by atoms with Crippen LogP contribution in [0.1, 0.15) is 40.7 Å². The Hall–Kier alpha value is -3.60. The van der Waals surface area contributed by atoms with Crippen molar-refractivity contribution in [1.82, 2.24) is 5.32 Å². The molecule has 1 aliphatic rings. The number of benzene rings is 3. The highest BCUT2D eigenvalue weighted by molar-refractivity contribution is 6.05. The first kappa shape index (κ1) is 21.6. The predicted molar refractivity (Wildman–Crippen MR) is 129 cm³/mol. The molecule has 0 atom stereocenters. The molecule has 0 radical (unpaired) electrons. The van der Waals surface area contributed by atoms with Crippen LogP contribution in [0.15, 0.2) is 78.9 Å². The average molecular weight is 428 g/mol.